The minimum Gasteiger partial charge on any atom is -0.467 e. The predicted molar refractivity (Wildman–Crippen MR) is 132 cm³/mol. The second-order valence-corrected chi connectivity index (χ2v) is 7.72. The van der Waals surface area contributed by atoms with Crippen molar-refractivity contribution in [2.45, 2.75) is 39.5 Å². The first-order chi connectivity index (χ1) is 17.7. The molecule has 1 unspecified atom stereocenters. The van der Waals surface area contributed by atoms with Crippen molar-refractivity contribution < 1.29 is 52.2 Å². The van der Waals surface area contributed by atoms with Crippen LogP contribution in [0.4, 0.5) is 0 Å². The summed E-state index contributed by atoms with van der Waals surface area (Å²) in [4.78, 5) is 22.8. The lowest BCUT2D eigenvalue weighted by Gasteiger charge is -2.13. The Kier molecular flexibility index (Phi) is 27.2. The fraction of sp³-hybridized carbons (Fsp3) is 0.920. The van der Waals surface area contributed by atoms with Crippen LogP contribution < -0.4 is 0 Å². The molecule has 0 aliphatic carbocycles. The van der Waals surface area contributed by atoms with Crippen LogP contribution in [0, 0.1) is 5.92 Å². The van der Waals surface area contributed by atoms with Gasteiger partial charge in [-0.25, -0.2) is 4.79 Å². The van der Waals surface area contributed by atoms with Crippen LogP contribution in [-0.2, 0) is 52.2 Å². The van der Waals surface area contributed by atoms with E-state index >= 15 is 0 Å². The summed E-state index contributed by atoms with van der Waals surface area (Å²) in [5.74, 6) is -0.535. The molecule has 0 N–H and O–H groups in total. The molecule has 0 saturated heterocycles. The van der Waals surface area contributed by atoms with Crippen LogP contribution in [0.25, 0.3) is 0 Å². The third-order valence-electron chi connectivity index (χ3n) is 4.88. The van der Waals surface area contributed by atoms with E-state index in [1.165, 1.54) is 7.11 Å². The van der Waals surface area contributed by atoms with Crippen molar-refractivity contribution in [3.8, 4) is 0 Å². The van der Waals surface area contributed by atoms with Crippen molar-refractivity contribution in [3.63, 3.8) is 0 Å². The number of carbonyl (C=O) groups excluding carboxylic acids is 2. The standard InChI is InChI=1S/C25H48O11/c1-4-6-7-23(5-2)25(27)36-21-20-34-17-16-32-13-12-30-9-8-29-10-11-31-14-15-33-18-19-35-22-24(26)28-3/h23H,4-22H2,1-3H3. The molecule has 0 radical (unpaired) electrons. The Balaban J connectivity index is 3.20. The highest BCUT2D eigenvalue weighted by atomic mass is 16.6. The number of rotatable bonds is 28. The van der Waals surface area contributed by atoms with Crippen molar-refractivity contribution in [2.24, 2.45) is 5.92 Å². The van der Waals surface area contributed by atoms with Gasteiger partial charge >= 0.3 is 11.9 Å². The zero-order valence-electron chi connectivity index (χ0n) is 22.5. The molecule has 0 rings (SSSR count). The lowest BCUT2D eigenvalue weighted by Crippen LogP contribution is -2.20. The van der Waals surface area contributed by atoms with Gasteiger partial charge in [0.15, 0.2) is 0 Å². The first kappa shape index (κ1) is 34.7. The summed E-state index contributed by atoms with van der Waals surface area (Å²) in [6, 6.07) is 0. The molecule has 0 amide bonds. The van der Waals surface area contributed by atoms with Crippen LogP contribution in [0.5, 0.6) is 0 Å². The van der Waals surface area contributed by atoms with Crippen LogP contribution >= 0.6 is 0 Å². The van der Waals surface area contributed by atoms with Gasteiger partial charge in [0, 0.05) is 0 Å². The zero-order valence-corrected chi connectivity index (χ0v) is 22.5. The maximum absolute atomic E-state index is 12.0. The summed E-state index contributed by atoms with van der Waals surface area (Å²) >= 11 is 0. The molecule has 11 heteroatoms. The summed E-state index contributed by atoms with van der Waals surface area (Å²) in [7, 11) is 1.31. The third kappa shape index (κ3) is 24.4. The molecule has 0 aromatic heterocycles. The largest absolute Gasteiger partial charge is 0.467 e. The van der Waals surface area contributed by atoms with Crippen LogP contribution in [0.3, 0.4) is 0 Å². The Hall–Kier alpha value is -1.34. The second-order valence-electron chi connectivity index (χ2n) is 7.72. The number of unbranched alkanes of at least 4 members (excludes halogenated alkanes) is 1. The van der Waals surface area contributed by atoms with E-state index in [0.717, 1.165) is 25.7 Å². The van der Waals surface area contributed by atoms with Crippen LogP contribution in [0.2, 0.25) is 0 Å². The average Bonchev–Trinajstić information content (AvgIpc) is 2.89. The summed E-state index contributed by atoms with van der Waals surface area (Å²) < 4.78 is 47.2. The van der Waals surface area contributed by atoms with Crippen molar-refractivity contribution >= 4 is 11.9 Å². The SMILES string of the molecule is CCCCC(CC)C(=O)OCCOCCOCCOCCOCCOCCOCCOCC(=O)OC. The highest BCUT2D eigenvalue weighted by Crippen LogP contribution is 2.14. The lowest BCUT2D eigenvalue weighted by molar-refractivity contribution is -0.150. The van der Waals surface area contributed by atoms with Crippen molar-refractivity contribution in [1.29, 1.82) is 0 Å². The summed E-state index contributed by atoms with van der Waals surface area (Å²) in [5, 5.41) is 0. The fourth-order valence-corrected chi connectivity index (χ4v) is 2.79. The first-order valence-corrected chi connectivity index (χ1v) is 12.9. The third-order valence-corrected chi connectivity index (χ3v) is 4.88. The van der Waals surface area contributed by atoms with Gasteiger partial charge in [0.1, 0.15) is 13.2 Å². The molecular weight excluding hydrogens is 476 g/mol. The van der Waals surface area contributed by atoms with Gasteiger partial charge in [0.05, 0.1) is 98.9 Å². The molecule has 0 aromatic carbocycles. The second kappa shape index (κ2) is 28.2. The molecule has 11 nitrogen and oxygen atoms in total. The van der Waals surface area contributed by atoms with E-state index in [9.17, 15) is 9.59 Å². The molecule has 0 aliphatic rings. The topological polar surface area (TPSA) is 117 Å². The van der Waals surface area contributed by atoms with E-state index in [2.05, 4.69) is 11.7 Å². The van der Waals surface area contributed by atoms with Gasteiger partial charge in [-0.3, -0.25) is 4.79 Å². The van der Waals surface area contributed by atoms with Gasteiger partial charge in [-0.15, -0.1) is 0 Å². The van der Waals surface area contributed by atoms with Crippen molar-refractivity contribution in [3.05, 3.63) is 0 Å². The molecule has 0 bridgehead atoms. The summed E-state index contributed by atoms with van der Waals surface area (Å²) in [5.41, 5.74) is 0. The average molecular weight is 525 g/mol. The monoisotopic (exact) mass is 524 g/mol. The highest BCUT2D eigenvalue weighted by Gasteiger charge is 2.16. The van der Waals surface area contributed by atoms with Gasteiger partial charge < -0.3 is 42.6 Å². The first-order valence-electron chi connectivity index (χ1n) is 12.9. The van der Waals surface area contributed by atoms with Crippen LogP contribution in [-0.4, -0.2) is 118 Å². The Morgan fingerprint density at radius 3 is 1.33 bits per heavy atom. The van der Waals surface area contributed by atoms with E-state index < -0.39 is 5.97 Å². The van der Waals surface area contributed by atoms with Gasteiger partial charge in [-0.2, -0.15) is 0 Å². The van der Waals surface area contributed by atoms with Crippen molar-refractivity contribution in [1.82, 2.24) is 0 Å². The summed E-state index contributed by atoms with van der Waals surface area (Å²) in [6.07, 6.45) is 3.83. The zero-order chi connectivity index (χ0) is 26.5. The number of methoxy groups -OCH3 is 1. The molecular formula is C25H48O11. The van der Waals surface area contributed by atoms with Gasteiger partial charge in [-0.05, 0) is 12.8 Å². The Morgan fingerprint density at radius 2 is 0.972 bits per heavy atom. The Labute approximate surface area is 216 Å². The van der Waals surface area contributed by atoms with Gasteiger partial charge in [-0.1, -0.05) is 26.7 Å². The molecule has 0 heterocycles. The van der Waals surface area contributed by atoms with Crippen molar-refractivity contribution in [2.75, 3.05) is 106 Å². The molecule has 1 atom stereocenters. The van der Waals surface area contributed by atoms with Gasteiger partial charge in [0.25, 0.3) is 0 Å². The Morgan fingerprint density at radius 1 is 0.583 bits per heavy atom. The predicted octanol–water partition coefficient (Wildman–Crippen LogP) is 2.04. The normalized spacial score (nSPS) is 12.0. The quantitative estimate of drug-likeness (QED) is 0.111. The molecule has 0 spiro atoms. The summed E-state index contributed by atoms with van der Waals surface area (Å²) in [6.45, 7) is 10.1. The smallest absolute Gasteiger partial charge is 0.331 e. The number of hydrogen-bond donors (Lipinski definition) is 0. The highest BCUT2D eigenvalue weighted by molar-refractivity contribution is 5.72. The van der Waals surface area contributed by atoms with Crippen LogP contribution in [0.1, 0.15) is 39.5 Å². The van der Waals surface area contributed by atoms with E-state index in [1.807, 2.05) is 6.92 Å². The minimum absolute atomic E-state index is 0.00344. The number of hydrogen-bond acceptors (Lipinski definition) is 11. The molecule has 0 aliphatic heterocycles. The van der Waals surface area contributed by atoms with E-state index in [-0.39, 0.29) is 25.1 Å². The molecule has 0 saturated carbocycles. The number of ether oxygens (including phenoxy) is 9. The molecule has 0 aromatic rings. The van der Waals surface area contributed by atoms with E-state index in [0.29, 0.717) is 85.9 Å². The fourth-order valence-electron chi connectivity index (χ4n) is 2.79. The molecule has 0 fully saturated rings. The maximum Gasteiger partial charge on any atom is 0.331 e. The van der Waals surface area contributed by atoms with E-state index in [4.69, 9.17) is 37.9 Å². The lowest BCUT2D eigenvalue weighted by atomic mass is 10.00. The number of carbonyl (C=O) groups is 2. The Bertz CT molecular complexity index is 491. The molecule has 36 heavy (non-hydrogen) atoms. The van der Waals surface area contributed by atoms with Crippen LogP contribution in [0.15, 0.2) is 0 Å². The van der Waals surface area contributed by atoms with Gasteiger partial charge in [0.2, 0.25) is 0 Å². The molecule has 214 valence electrons. The number of esters is 2. The minimum atomic E-state index is -0.408. The maximum atomic E-state index is 12.0. The van der Waals surface area contributed by atoms with E-state index in [1.54, 1.807) is 0 Å².